The van der Waals surface area contributed by atoms with E-state index in [9.17, 15) is 10.1 Å². The summed E-state index contributed by atoms with van der Waals surface area (Å²) in [6, 6.07) is 4.91. The first-order valence-corrected chi connectivity index (χ1v) is 5.87. The number of benzene rings is 1. The summed E-state index contributed by atoms with van der Waals surface area (Å²) < 4.78 is 0. The van der Waals surface area contributed by atoms with Crippen molar-refractivity contribution in [2.45, 2.75) is 12.7 Å². The summed E-state index contributed by atoms with van der Waals surface area (Å²) in [6.45, 7) is 2.07. The van der Waals surface area contributed by atoms with Crippen molar-refractivity contribution in [2.24, 2.45) is 0 Å². The molecule has 15 heavy (non-hydrogen) atoms. The molecule has 82 valence electrons. The first-order valence-electron chi connectivity index (χ1n) is 4.71. The number of nitrogens with zero attached hydrogens (tertiary/aromatic N) is 1. The molecule has 0 bridgehead atoms. The van der Waals surface area contributed by atoms with Gasteiger partial charge in [-0.2, -0.15) is 11.8 Å². The highest BCUT2D eigenvalue weighted by atomic mass is 32.2. The van der Waals surface area contributed by atoms with E-state index in [-0.39, 0.29) is 10.6 Å². The Balaban J connectivity index is 2.96. The number of nitro benzene ring substituents is 1. The molecule has 0 amide bonds. The predicted molar refractivity (Wildman–Crippen MR) is 64.5 cm³/mol. The molecule has 1 N–H and O–H groups in total. The zero-order valence-corrected chi connectivity index (χ0v) is 9.63. The molecule has 0 aromatic heterocycles. The molecule has 0 aliphatic carbocycles. The molecule has 0 saturated carbocycles. The smallest absolute Gasteiger partial charge is 0.269 e. The third kappa shape index (κ3) is 3.13. The van der Waals surface area contributed by atoms with E-state index < -0.39 is 0 Å². The fourth-order valence-electron chi connectivity index (χ4n) is 1.27. The molecule has 0 heterocycles. The van der Waals surface area contributed by atoms with E-state index in [1.165, 1.54) is 6.07 Å². The summed E-state index contributed by atoms with van der Waals surface area (Å²) in [7, 11) is 1.82. The first kappa shape index (κ1) is 11.8. The Labute approximate surface area is 93.2 Å². The maximum atomic E-state index is 10.6. The van der Waals surface area contributed by atoms with Crippen molar-refractivity contribution >= 4 is 23.1 Å². The molecule has 0 fully saturated rings. The van der Waals surface area contributed by atoms with Gasteiger partial charge in [-0.05, 0) is 17.4 Å². The molecule has 1 aromatic rings. The number of nitrogens with one attached hydrogen (secondary N) is 1. The van der Waals surface area contributed by atoms with Crippen LogP contribution in [-0.2, 0) is 5.75 Å². The molecule has 0 saturated heterocycles. The minimum absolute atomic E-state index is 0.153. The van der Waals surface area contributed by atoms with Crippen molar-refractivity contribution < 1.29 is 4.92 Å². The molecule has 0 aliphatic rings. The Morgan fingerprint density at radius 1 is 1.53 bits per heavy atom. The first-order chi connectivity index (χ1) is 7.19. The van der Waals surface area contributed by atoms with Crippen molar-refractivity contribution in [2.75, 3.05) is 18.1 Å². The van der Waals surface area contributed by atoms with Gasteiger partial charge in [0, 0.05) is 30.6 Å². The van der Waals surface area contributed by atoms with E-state index in [4.69, 9.17) is 0 Å². The number of hydrogen-bond acceptors (Lipinski definition) is 4. The molecular weight excluding hydrogens is 212 g/mol. The summed E-state index contributed by atoms with van der Waals surface area (Å²) in [5, 5.41) is 13.6. The zero-order chi connectivity index (χ0) is 11.3. The molecule has 4 nitrogen and oxygen atoms in total. The van der Waals surface area contributed by atoms with Gasteiger partial charge in [-0.15, -0.1) is 0 Å². The van der Waals surface area contributed by atoms with Gasteiger partial charge in [0.05, 0.1) is 4.92 Å². The minimum atomic E-state index is -0.362. The minimum Gasteiger partial charge on any atom is -0.388 e. The molecule has 0 radical (unpaired) electrons. The Morgan fingerprint density at radius 2 is 2.27 bits per heavy atom. The van der Waals surface area contributed by atoms with E-state index in [2.05, 4.69) is 12.2 Å². The SMILES string of the molecule is CCSCc1cc([N+](=O)[O-])ccc1NC. The van der Waals surface area contributed by atoms with Crippen LogP contribution in [0.15, 0.2) is 18.2 Å². The molecule has 0 aliphatic heterocycles. The van der Waals surface area contributed by atoms with Crippen molar-refractivity contribution in [3.05, 3.63) is 33.9 Å². The average Bonchev–Trinajstić information content (AvgIpc) is 2.25. The van der Waals surface area contributed by atoms with Gasteiger partial charge in [-0.1, -0.05) is 6.92 Å². The summed E-state index contributed by atoms with van der Waals surface area (Å²) in [4.78, 5) is 10.2. The second-order valence-corrected chi connectivity index (χ2v) is 4.26. The highest BCUT2D eigenvalue weighted by Crippen LogP contribution is 2.25. The predicted octanol–water partition coefficient (Wildman–Crippen LogP) is 2.89. The highest BCUT2D eigenvalue weighted by molar-refractivity contribution is 7.98. The van der Waals surface area contributed by atoms with Crippen LogP contribution in [0.2, 0.25) is 0 Å². The van der Waals surface area contributed by atoms with E-state index in [0.29, 0.717) is 0 Å². The van der Waals surface area contributed by atoms with Crippen LogP contribution in [0, 0.1) is 10.1 Å². The molecule has 1 aromatic carbocycles. The van der Waals surface area contributed by atoms with Gasteiger partial charge in [0.2, 0.25) is 0 Å². The largest absolute Gasteiger partial charge is 0.388 e. The van der Waals surface area contributed by atoms with Gasteiger partial charge >= 0.3 is 0 Å². The van der Waals surface area contributed by atoms with Gasteiger partial charge in [-0.3, -0.25) is 10.1 Å². The maximum Gasteiger partial charge on any atom is 0.269 e. The molecule has 0 atom stereocenters. The third-order valence-electron chi connectivity index (χ3n) is 2.03. The number of nitro groups is 1. The van der Waals surface area contributed by atoms with E-state index in [1.807, 2.05) is 7.05 Å². The van der Waals surface area contributed by atoms with Crippen molar-refractivity contribution in [3.63, 3.8) is 0 Å². The van der Waals surface area contributed by atoms with Gasteiger partial charge < -0.3 is 5.32 Å². The maximum absolute atomic E-state index is 10.6. The van der Waals surface area contributed by atoms with Crippen molar-refractivity contribution in [1.82, 2.24) is 0 Å². The van der Waals surface area contributed by atoms with E-state index in [0.717, 1.165) is 22.8 Å². The van der Waals surface area contributed by atoms with Crippen LogP contribution in [0.1, 0.15) is 12.5 Å². The number of thioether (sulfide) groups is 1. The average molecular weight is 226 g/mol. The fourth-order valence-corrected chi connectivity index (χ4v) is 1.93. The molecule has 0 spiro atoms. The number of rotatable bonds is 5. The summed E-state index contributed by atoms with van der Waals surface area (Å²) in [5.74, 6) is 1.81. The van der Waals surface area contributed by atoms with Crippen LogP contribution in [0.5, 0.6) is 0 Å². The second-order valence-electron chi connectivity index (χ2n) is 2.99. The van der Waals surface area contributed by atoms with Crippen LogP contribution in [0.25, 0.3) is 0 Å². The Hall–Kier alpha value is -1.23. The lowest BCUT2D eigenvalue weighted by Gasteiger charge is -2.07. The van der Waals surface area contributed by atoms with Gasteiger partial charge in [-0.25, -0.2) is 0 Å². The lowest BCUT2D eigenvalue weighted by atomic mass is 10.2. The number of hydrogen-bond donors (Lipinski definition) is 1. The molecular formula is C10H14N2O2S. The van der Waals surface area contributed by atoms with Gasteiger partial charge in [0.1, 0.15) is 0 Å². The monoisotopic (exact) mass is 226 g/mol. The highest BCUT2D eigenvalue weighted by Gasteiger charge is 2.09. The normalized spacial score (nSPS) is 10.0. The standard InChI is InChI=1S/C10H14N2O2S/c1-3-15-7-8-6-9(12(13)14)4-5-10(8)11-2/h4-6,11H,3,7H2,1-2H3. The zero-order valence-electron chi connectivity index (χ0n) is 8.82. The second kappa shape index (κ2) is 5.60. The molecule has 1 rings (SSSR count). The number of non-ortho nitro benzene ring substituents is 1. The Morgan fingerprint density at radius 3 is 2.80 bits per heavy atom. The van der Waals surface area contributed by atoms with Crippen LogP contribution in [0.3, 0.4) is 0 Å². The van der Waals surface area contributed by atoms with Crippen molar-refractivity contribution in [3.8, 4) is 0 Å². The summed E-state index contributed by atoms with van der Waals surface area (Å²) in [6.07, 6.45) is 0. The Bertz CT molecular complexity index is 355. The molecule has 0 unspecified atom stereocenters. The van der Waals surface area contributed by atoms with Crippen LogP contribution in [-0.4, -0.2) is 17.7 Å². The third-order valence-corrected chi connectivity index (χ3v) is 2.95. The van der Waals surface area contributed by atoms with Gasteiger partial charge in [0.25, 0.3) is 5.69 Å². The van der Waals surface area contributed by atoms with Crippen LogP contribution >= 0.6 is 11.8 Å². The quantitative estimate of drug-likeness (QED) is 0.619. The van der Waals surface area contributed by atoms with Gasteiger partial charge in [0.15, 0.2) is 0 Å². The summed E-state index contributed by atoms with van der Waals surface area (Å²) in [5.41, 5.74) is 2.10. The van der Waals surface area contributed by atoms with Crippen LogP contribution < -0.4 is 5.32 Å². The molecule has 5 heteroatoms. The van der Waals surface area contributed by atoms with E-state index in [1.54, 1.807) is 23.9 Å². The summed E-state index contributed by atoms with van der Waals surface area (Å²) >= 11 is 1.75. The number of anilines is 1. The van der Waals surface area contributed by atoms with Crippen molar-refractivity contribution in [1.29, 1.82) is 0 Å². The van der Waals surface area contributed by atoms with E-state index >= 15 is 0 Å². The topological polar surface area (TPSA) is 55.2 Å². The Kier molecular flexibility index (Phi) is 4.42. The lowest BCUT2D eigenvalue weighted by molar-refractivity contribution is -0.384. The fraction of sp³-hybridized carbons (Fsp3) is 0.400. The lowest BCUT2D eigenvalue weighted by Crippen LogP contribution is -1.96. The van der Waals surface area contributed by atoms with Crippen LogP contribution in [0.4, 0.5) is 11.4 Å².